The predicted molar refractivity (Wildman–Crippen MR) is 80.0 cm³/mol. The third-order valence-electron chi connectivity index (χ3n) is 3.05. The Hall–Kier alpha value is -2.32. The third-order valence-corrected chi connectivity index (χ3v) is 3.30. The minimum Gasteiger partial charge on any atom is -0.455 e. The average molecular weight is 283 g/mol. The Morgan fingerprint density at radius 1 is 0.900 bits per heavy atom. The first kappa shape index (κ1) is 12.7. The zero-order valence-electron chi connectivity index (χ0n) is 10.5. The molecule has 20 heavy (non-hydrogen) atoms. The summed E-state index contributed by atoms with van der Waals surface area (Å²) in [6.07, 6.45) is 0.811. The second-order valence-corrected chi connectivity index (χ2v) is 4.82. The quantitative estimate of drug-likeness (QED) is 0.627. The van der Waals surface area contributed by atoms with Gasteiger partial charge in [0.1, 0.15) is 11.5 Å². The van der Waals surface area contributed by atoms with Crippen molar-refractivity contribution in [1.82, 2.24) is 0 Å². The zero-order valence-corrected chi connectivity index (χ0v) is 11.3. The Balaban J connectivity index is 2.09. The van der Waals surface area contributed by atoms with Crippen molar-refractivity contribution in [3.05, 3.63) is 71.2 Å². The second kappa shape index (κ2) is 5.35. The van der Waals surface area contributed by atoms with Crippen LogP contribution < -0.4 is 0 Å². The van der Waals surface area contributed by atoms with E-state index >= 15 is 0 Å². The Kier molecular flexibility index (Phi) is 3.40. The fraction of sp³-hybridized carbons (Fsp3) is 0. The summed E-state index contributed by atoms with van der Waals surface area (Å²) in [7, 11) is 0. The normalized spacial score (nSPS) is 10.4. The first-order valence-corrected chi connectivity index (χ1v) is 6.56. The molecule has 2 nitrogen and oxygen atoms in total. The van der Waals surface area contributed by atoms with Gasteiger partial charge in [0.25, 0.3) is 0 Å². The molecule has 0 bridgehead atoms. The highest BCUT2D eigenvalue weighted by Crippen LogP contribution is 2.32. The molecule has 0 aliphatic carbocycles. The van der Waals surface area contributed by atoms with Crippen LogP contribution in [0.2, 0.25) is 5.02 Å². The molecule has 1 aromatic heterocycles. The van der Waals surface area contributed by atoms with Crippen LogP contribution in [-0.2, 0) is 0 Å². The molecule has 2 aromatic carbocycles. The van der Waals surface area contributed by atoms with Crippen LogP contribution in [0.1, 0.15) is 10.4 Å². The van der Waals surface area contributed by atoms with Crippen molar-refractivity contribution in [2.24, 2.45) is 0 Å². The van der Waals surface area contributed by atoms with Crippen LogP contribution in [0.25, 0.3) is 22.6 Å². The van der Waals surface area contributed by atoms with Crippen LogP contribution in [0.3, 0.4) is 0 Å². The number of hydrogen-bond acceptors (Lipinski definition) is 2. The van der Waals surface area contributed by atoms with E-state index in [0.29, 0.717) is 22.1 Å². The van der Waals surface area contributed by atoms with E-state index in [4.69, 9.17) is 16.0 Å². The van der Waals surface area contributed by atoms with E-state index in [1.165, 1.54) is 0 Å². The maximum atomic E-state index is 11.2. The molecule has 0 fully saturated rings. The van der Waals surface area contributed by atoms with Gasteiger partial charge in [-0.2, -0.15) is 0 Å². The molecule has 98 valence electrons. The van der Waals surface area contributed by atoms with Crippen LogP contribution in [0, 0.1) is 0 Å². The van der Waals surface area contributed by atoms with E-state index in [2.05, 4.69) is 0 Å². The van der Waals surface area contributed by atoms with E-state index in [0.717, 1.165) is 17.4 Å². The molecule has 0 saturated heterocycles. The van der Waals surface area contributed by atoms with Crippen molar-refractivity contribution in [2.75, 3.05) is 0 Å². The first-order chi connectivity index (χ1) is 9.78. The lowest BCUT2D eigenvalue weighted by molar-refractivity contribution is 0.112. The van der Waals surface area contributed by atoms with E-state index in [1.807, 2.05) is 42.5 Å². The van der Waals surface area contributed by atoms with Gasteiger partial charge in [0.2, 0.25) is 0 Å². The smallest absolute Gasteiger partial charge is 0.153 e. The lowest BCUT2D eigenvalue weighted by Gasteiger charge is -1.99. The Morgan fingerprint density at radius 2 is 1.60 bits per heavy atom. The molecule has 1 heterocycles. The number of aldehydes is 1. The van der Waals surface area contributed by atoms with Gasteiger partial charge in [-0.3, -0.25) is 4.79 Å². The first-order valence-electron chi connectivity index (χ1n) is 6.18. The highest BCUT2D eigenvalue weighted by Gasteiger charge is 2.13. The van der Waals surface area contributed by atoms with E-state index < -0.39 is 0 Å². The fourth-order valence-corrected chi connectivity index (χ4v) is 2.19. The summed E-state index contributed by atoms with van der Waals surface area (Å²) in [5, 5.41) is 0.666. The van der Waals surface area contributed by atoms with Crippen LogP contribution in [0.5, 0.6) is 0 Å². The van der Waals surface area contributed by atoms with Crippen molar-refractivity contribution in [3.8, 4) is 22.6 Å². The topological polar surface area (TPSA) is 30.2 Å². The molecule has 3 heteroatoms. The van der Waals surface area contributed by atoms with E-state index in [1.54, 1.807) is 18.2 Å². The Morgan fingerprint density at radius 3 is 2.25 bits per heavy atom. The number of carbonyl (C=O) groups is 1. The van der Waals surface area contributed by atoms with E-state index in [9.17, 15) is 4.79 Å². The summed E-state index contributed by atoms with van der Waals surface area (Å²) in [5.74, 6) is 1.24. The second-order valence-electron chi connectivity index (χ2n) is 4.39. The minimum atomic E-state index is 0.543. The summed E-state index contributed by atoms with van der Waals surface area (Å²) in [6, 6.07) is 18.6. The molecule has 0 unspecified atom stereocenters. The largest absolute Gasteiger partial charge is 0.455 e. The van der Waals surface area contributed by atoms with Crippen molar-refractivity contribution in [1.29, 1.82) is 0 Å². The van der Waals surface area contributed by atoms with Gasteiger partial charge in [-0.05, 0) is 30.3 Å². The van der Waals surface area contributed by atoms with Gasteiger partial charge in [0.15, 0.2) is 6.29 Å². The molecule has 3 rings (SSSR count). The van der Waals surface area contributed by atoms with Gasteiger partial charge in [-0.15, -0.1) is 0 Å². The van der Waals surface area contributed by atoms with Crippen LogP contribution in [-0.4, -0.2) is 6.29 Å². The predicted octanol–water partition coefficient (Wildman–Crippen LogP) is 5.08. The van der Waals surface area contributed by atoms with Crippen LogP contribution in [0.15, 0.2) is 65.1 Å². The fourth-order valence-electron chi connectivity index (χ4n) is 2.06. The molecule has 0 atom stereocenters. The Labute approximate surface area is 121 Å². The Bertz CT molecular complexity index is 727. The zero-order chi connectivity index (χ0) is 13.9. The van der Waals surface area contributed by atoms with E-state index in [-0.39, 0.29) is 0 Å². The number of halogens is 1. The van der Waals surface area contributed by atoms with Gasteiger partial charge in [0.05, 0.1) is 5.56 Å². The lowest BCUT2D eigenvalue weighted by atomic mass is 10.1. The molecule has 0 N–H and O–H groups in total. The van der Waals surface area contributed by atoms with Gasteiger partial charge in [0, 0.05) is 16.1 Å². The molecular formula is C17H11ClO2. The highest BCUT2D eigenvalue weighted by molar-refractivity contribution is 6.30. The van der Waals surface area contributed by atoms with Crippen molar-refractivity contribution in [2.45, 2.75) is 0 Å². The molecule has 3 aromatic rings. The highest BCUT2D eigenvalue weighted by atomic mass is 35.5. The maximum Gasteiger partial charge on any atom is 0.153 e. The average Bonchev–Trinajstić information content (AvgIpc) is 2.93. The number of carbonyl (C=O) groups excluding carboxylic acids is 1. The molecule has 0 radical (unpaired) electrons. The van der Waals surface area contributed by atoms with Crippen molar-refractivity contribution in [3.63, 3.8) is 0 Å². The van der Waals surface area contributed by atoms with Gasteiger partial charge >= 0.3 is 0 Å². The van der Waals surface area contributed by atoms with Crippen LogP contribution >= 0.6 is 11.6 Å². The molecular weight excluding hydrogens is 272 g/mol. The summed E-state index contributed by atoms with van der Waals surface area (Å²) in [5.41, 5.74) is 2.32. The summed E-state index contributed by atoms with van der Waals surface area (Å²) in [4.78, 5) is 11.2. The summed E-state index contributed by atoms with van der Waals surface area (Å²) < 4.78 is 5.84. The van der Waals surface area contributed by atoms with Gasteiger partial charge < -0.3 is 4.42 Å². The van der Waals surface area contributed by atoms with Gasteiger partial charge in [-0.1, -0.05) is 41.9 Å². The number of hydrogen-bond donors (Lipinski definition) is 0. The van der Waals surface area contributed by atoms with Gasteiger partial charge in [-0.25, -0.2) is 0 Å². The minimum absolute atomic E-state index is 0.543. The summed E-state index contributed by atoms with van der Waals surface area (Å²) in [6.45, 7) is 0. The van der Waals surface area contributed by atoms with Crippen molar-refractivity contribution < 1.29 is 9.21 Å². The monoisotopic (exact) mass is 282 g/mol. The number of furan rings is 1. The summed E-state index contributed by atoms with van der Waals surface area (Å²) >= 11 is 5.87. The molecule has 0 spiro atoms. The number of rotatable bonds is 3. The van der Waals surface area contributed by atoms with Crippen molar-refractivity contribution >= 4 is 17.9 Å². The van der Waals surface area contributed by atoms with Crippen LogP contribution in [0.4, 0.5) is 0 Å². The third kappa shape index (κ3) is 2.38. The molecule has 0 aliphatic rings. The maximum absolute atomic E-state index is 11.2. The molecule has 0 amide bonds. The lowest BCUT2D eigenvalue weighted by Crippen LogP contribution is -1.79. The SMILES string of the molecule is O=Cc1cc(-c2ccc(Cl)cc2)oc1-c1ccccc1. The molecule has 0 aliphatic heterocycles. The number of benzene rings is 2. The molecule has 0 saturated carbocycles. The standard InChI is InChI=1S/C17H11ClO2/c18-15-8-6-12(7-9-15)16-10-14(11-19)17(20-16)13-4-2-1-3-5-13/h1-11H.